The first-order valence-electron chi connectivity index (χ1n) is 11.4. The molecular formula is C24H38N2O2. The lowest BCUT2D eigenvalue weighted by Gasteiger charge is -2.11. The van der Waals surface area contributed by atoms with Gasteiger partial charge in [-0.15, -0.1) is 0 Å². The molecule has 0 fully saturated rings. The van der Waals surface area contributed by atoms with Crippen LogP contribution in [0.5, 0.6) is 5.88 Å². The first-order valence-corrected chi connectivity index (χ1v) is 11.4. The maximum absolute atomic E-state index is 12.3. The summed E-state index contributed by atoms with van der Waals surface area (Å²) in [5, 5.41) is 0. The van der Waals surface area contributed by atoms with Crippen molar-refractivity contribution in [1.82, 2.24) is 9.55 Å². The average molecular weight is 387 g/mol. The van der Waals surface area contributed by atoms with E-state index in [4.69, 9.17) is 4.74 Å². The van der Waals surface area contributed by atoms with E-state index < -0.39 is 0 Å². The number of aryl methyl sites for hydroxylation is 1. The quantitative estimate of drug-likeness (QED) is 0.328. The lowest BCUT2D eigenvalue weighted by molar-refractivity contribution is 0.294. The number of aromatic nitrogens is 2. The highest BCUT2D eigenvalue weighted by Crippen LogP contribution is 2.17. The van der Waals surface area contributed by atoms with Crippen molar-refractivity contribution in [2.24, 2.45) is 0 Å². The second-order valence-corrected chi connectivity index (χ2v) is 7.76. The van der Waals surface area contributed by atoms with E-state index in [0.717, 1.165) is 30.4 Å². The summed E-state index contributed by atoms with van der Waals surface area (Å²) in [6.45, 7) is 5.94. The zero-order valence-electron chi connectivity index (χ0n) is 17.9. The summed E-state index contributed by atoms with van der Waals surface area (Å²) in [6.07, 6.45) is 14.8. The SMILES string of the molecule is CCCCCCCCOc1ccc2c(ccc(=O)n2CCCCCCCC)n1. The van der Waals surface area contributed by atoms with Crippen LogP contribution in [0.4, 0.5) is 0 Å². The Hall–Kier alpha value is -1.84. The van der Waals surface area contributed by atoms with Gasteiger partial charge in [0.25, 0.3) is 5.56 Å². The van der Waals surface area contributed by atoms with Gasteiger partial charge in [0, 0.05) is 18.7 Å². The molecule has 0 aromatic carbocycles. The van der Waals surface area contributed by atoms with Crippen LogP contribution in [0.15, 0.2) is 29.1 Å². The van der Waals surface area contributed by atoms with Crippen LogP contribution in [-0.4, -0.2) is 16.2 Å². The fourth-order valence-electron chi connectivity index (χ4n) is 3.58. The standard InChI is InChI=1S/C24H38N2O2/c1-3-5-7-9-11-13-19-26-22-16-17-23(25-21(22)15-18-24(26)27)28-20-14-12-10-8-6-4-2/h15-18H,3-14,19-20H2,1-2H3. The lowest BCUT2D eigenvalue weighted by atomic mass is 10.1. The second kappa shape index (κ2) is 13.4. The van der Waals surface area contributed by atoms with Crippen molar-refractivity contribution >= 4 is 11.0 Å². The van der Waals surface area contributed by atoms with E-state index in [1.807, 2.05) is 22.8 Å². The Morgan fingerprint density at radius 1 is 0.786 bits per heavy atom. The van der Waals surface area contributed by atoms with Crippen LogP contribution < -0.4 is 10.3 Å². The summed E-state index contributed by atoms with van der Waals surface area (Å²) in [5.41, 5.74) is 1.81. The summed E-state index contributed by atoms with van der Waals surface area (Å²) < 4.78 is 7.69. The van der Waals surface area contributed by atoms with Crippen LogP contribution in [0.3, 0.4) is 0 Å². The summed E-state index contributed by atoms with van der Waals surface area (Å²) in [6, 6.07) is 7.32. The Balaban J connectivity index is 1.86. The molecule has 2 aromatic heterocycles. The van der Waals surface area contributed by atoms with Gasteiger partial charge in [-0.1, -0.05) is 78.1 Å². The molecule has 2 aromatic rings. The zero-order chi connectivity index (χ0) is 20.0. The van der Waals surface area contributed by atoms with Crippen LogP contribution in [0.25, 0.3) is 11.0 Å². The molecule has 0 radical (unpaired) electrons. The van der Waals surface area contributed by atoms with E-state index in [1.165, 1.54) is 64.2 Å². The molecule has 0 spiro atoms. The smallest absolute Gasteiger partial charge is 0.251 e. The van der Waals surface area contributed by atoms with E-state index in [9.17, 15) is 4.79 Å². The number of hydrogen-bond acceptors (Lipinski definition) is 3. The fraction of sp³-hybridized carbons (Fsp3) is 0.667. The predicted octanol–water partition coefficient (Wildman–Crippen LogP) is 6.50. The van der Waals surface area contributed by atoms with Gasteiger partial charge in [-0.25, -0.2) is 4.98 Å². The van der Waals surface area contributed by atoms with E-state index in [-0.39, 0.29) is 5.56 Å². The zero-order valence-corrected chi connectivity index (χ0v) is 17.9. The molecule has 0 amide bonds. The normalized spacial score (nSPS) is 11.2. The van der Waals surface area contributed by atoms with Crippen LogP contribution in [0.1, 0.15) is 90.9 Å². The maximum atomic E-state index is 12.3. The van der Waals surface area contributed by atoms with Gasteiger partial charge in [-0.3, -0.25) is 4.79 Å². The van der Waals surface area contributed by atoms with E-state index >= 15 is 0 Å². The first kappa shape index (κ1) is 22.4. The molecule has 4 heteroatoms. The number of ether oxygens (including phenoxy) is 1. The van der Waals surface area contributed by atoms with Crippen molar-refractivity contribution in [3.63, 3.8) is 0 Å². The molecule has 28 heavy (non-hydrogen) atoms. The highest BCUT2D eigenvalue weighted by molar-refractivity contribution is 5.75. The number of unbranched alkanes of at least 4 members (excludes halogenated alkanes) is 10. The monoisotopic (exact) mass is 386 g/mol. The molecule has 156 valence electrons. The third kappa shape index (κ3) is 7.65. The van der Waals surface area contributed by atoms with Gasteiger partial charge < -0.3 is 9.30 Å². The van der Waals surface area contributed by atoms with Gasteiger partial charge in [0.05, 0.1) is 17.6 Å². The number of fused-ring (bicyclic) bond motifs is 1. The van der Waals surface area contributed by atoms with Gasteiger partial charge in [-0.2, -0.15) is 0 Å². The molecule has 2 rings (SSSR count). The Morgan fingerprint density at radius 3 is 2.14 bits per heavy atom. The summed E-state index contributed by atoms with van der Waals surface area (Å²) >= 11 is 0. The van der Waals surface area contributed by atoms with Gasteiger partial charge >= 0.3 is 0 Å². The highest BCUT2D eigenvalue weighted by atomic mass is 16.5. The van der Waals surface area contributed by atoms with Crippen molar-refractivity contribution in [2.45, 2.75) is 97.4 Å². The second-order valence-electron chi connectivity index (χ2n) is 7.76. The Kier molecular flexibility index (Phi) is 10.7. The van der Waals surface area contributed by atoms with Crippen LogP contribution in [0, 0.1) is 0 Å². The summed E-state index contributed by atoms with van der Waals surface area (Å²) in [4.78, 5) is 16.9. The largest absolute Gasteiger partial charge is 0.478 e. The van der Waals surface area contributed by atoms with Crippen molar-refractivity contribution in [2.75, 3.05) is 6.61 Å². The van der Waals surface area contributed by atoms with E-state index in [1.54, 1.807) is 6.07 Å². The number of nitrogens with zero attached hydrogens (tertiary/aromatic N) is 2. The molecule has 2 heterocycles. The van der Waals surface area contributed by atoms with Crippen molar-refractivity contribution in [3.8, 4) is 5.88 Å². The molecular weight excluding hydrogens is 348 g/mol. The topological polar surface area (TPSA) is 44.1 Å². The number of hydrogen-bond donors (Lipinski definition) is 0. The van der Waals surface area contributed by atoms with Crippen molar-refractivity contribution < 1.29 is 4.74 Å². The number of rotatable bonds is 15. The molecule has 0 aliphatic carbocycles. The van der Waals surface area contributed by atoms with Gasteiger partial charge in [0.15, 0.2) is 0 Å². The molecule has 0 unspecified atom stereocenters. The van der Waals surface area contributed by atoms with Crippen LogP contribution in [-0.2, 0) is 6.54 Å². The summed E-state index contributed by atoms with van der Waals surface area (Å²) in [7, 11) is 0. The Labute approximate surface area is 170 Å². The minimum absolute atomic E-state index is 0.0589. The molecule has 0 bridgehead atoms. The van der Waals surface area contributed by atoms with Gasteiger partial charge in [-0.05, 0) is 25.0 Å². The maximum Gasteiger partial charge on any atom is 0.251 e. The van der Waals surface area contributed by atoms with Gasteiger partial charge in [0.1, 0.15) is 0 Å². The fourth-order valence-corrected chi connectivity index (χ4v) is 3.58. The van der Waals surface area contributed by atoms with Gasteiger partial charge in [0.2, 0.25) is 5.88 Å². The van der Waals surface area contributed by atoms with Crippen molar-refractivity contribution in [1.29, 1.82) is 0 Å². The Morgan fingerprint density at radius 2 is 1.43 bits per heavy atom. The van der Waals surface area contributed by atoms with Crippen LogP contribution >= 0.6 is 0 Å². The molecule has 4 nitrogen and oxygen atoms in total. The number of pyridine rings is 2. The Bertz CT molecular complexity index is 739. The molecule has 0 saturated carbocycles. The molecule has 0 atom stereocenters. The third-order valence-electron chi connectivity index (χ3n) is 5.30. The summed E-state index contributed by atoms with van der Waals surface area (Å²) in [5.74, 6) is 0.658. The van der Waals surface area contributed by atoms with Crippen LogP contribution in [0.2, 0.25) is 0 Å². The predicted molar refractivity (Wildman–Crippen MR) is 118 cm³/mol. The molecule has 0 aliphatic rings. The first-order chi connectivity index (χ1) is 13.8. The van der Waals surface area contributed by atoms with E-state index in [2.05, 4.69) is 18.8 Å². The van der Waals surface area contributed by atoms with Crippen molar-refractivity contribution in [3.05, 3.63) is 34.6 Å². The minimum atomic E-state index is 0.0589. The minimum Gasteiger partial charge on any atom is -0.478 e. The highest BCUT2D eigenvalue weighted by Gasteiger charge is 2.06. The average Bonchev–Trinajstić information content (AvgIpc) is 2.71. The molecule has 0 saturated heterocycles. The molecule has 0 N–H and O–H groups in total. The van der Waals surface area contributed by atoms with E-state index in [0.29, 0.717) is 12.5 Å². The lowest BCUT2D eigenvalue weighted by Crippen LogP contribution is -2.19. The third-order valence-corrected chi connectivity index (χ3v) is 5.30. The molecule has 0 aliphatic heterocycles.